The van der Waals surface area contributed by atoms with Gasteiger partial charge in [0.2, 0.25) is 0 Å². The highest BCUT2D eigenvalue weighted by Gasteiger charge is 2.20. The molecule has 0 aromatic carbocycles. The summed E-state index contributed by atoms with van der Waals surface area (Å²) in [6.45, 7) is 6.74. The van der Waals surface area contributed by atoms with Crippen LogP contribution in [0.5, 0.6) is 0 Å². The first-order valence-electron chi connectivity index (χ1n) is 36.7. The summed E-state index contributed by atoms with van der Waals surface area (Å²) >= 11 is 0. The van der Waals surface area contributed by atoms with Crippen LogP contribution in [0.3, 0.4) is 0 Å². The normalized spacial score (nSPS) is 12.0. The van der Waals surface area contributed by atoms with Gasteiger partial charge in [-0.3, -0.25) is 14.4 Å². The molecule has 0 aromatic heterocycles. The van der Waals surface area contributed by atoms with E-state index in [1.54, 1.807) is 0 Å². The van der Waals surface area contributed by atoms with Gasteiger partial charge in [-0.15, -0.1) is 0 Å². The molecule has 0 amide bonds. The van der Waals surface area contributed by atoms with Crippen LogP contribution in [0.2, 0.25) is 0 Å². The number of carbonyl (C=O) groups is 3. The zero-order chi connectivity index (χ0) is 57.8. The number of carbonyl (C=O) groups excluding carboxylic acids is 3. The molecule has 0 aliphatic carbocycles. The highest BCUT2D eigenvalue weighted by Crippen LogP contribution is 2.19. The van der Waals surface area contributed by atoms with Crippen molar-refractivity contribution >= 4 is 17.9 Å². The molecule has 0 heterocycles. The van der Waals surface area contributed by atoms with Gasteiger partial charge in [0.15, 0.2) is 6.10 Å². The minimum absolute atomic E-state index is 0.0636. The van der Waals surface area contributed by atoms with E-state index in [-0.39, 0.29) is 31.1 Å². The van der Waals surface area contributed by atoms with Crippen molar-refractivity contribution in [3.8, 4) is 0 Å². The van der Waals surface area contributed by atoms with Crippen molar-refractivity contribution in [3.05, 3.63) is 12.2 Å². The third-order valence-electron chi connectivity index (χ3n) is 17.0. The van der Waals surface area contributed by atoms with E-state index in [0.717, 1.165) is 57.8 Å². The van der Waals surface area contributed by atoms with Gasteiger partial charge in [-0.2, -0.15) is 0 Å². The van der Waals surface area contributed by atoms with Gasteiger partial charge in [0.05, 0.1) is 0 Å². The second-order valence-corrected chi connectivity index (χ2v) is 25.2. The van der Waals surface area contributed by atoms with Gasteiger partial charge in [0.1, 0.15) is 13.2 Å². The van der Waals surface area contributed by atoms with Gasteiger partial charge >= 0.3 is 17.9 Å². The minimum Gasteiger partial charge on any atom is -0.462 e. The molecule has 0 aromatic rings. The maximum atomic E-state index is 13.0. The number of esters is 3. The Kier molecular flexibility index (Phi) is 68.0. The summed E-state index contributed by atoms with van der Waals surface area (Å²) in [5, 5.41) is 0. The Morgan fingerprint density at radius 1 is 0.237 bits per heavy atom. The van der Waals surface area contributed by atoms with E-state index in [4.69, 9.17) is 14.2 Å². The predicted octanol–water partition coefficient (Wildman–Crippen LogP) is 25.2. The predicted molar refractivity (Wildman–Crippen MR) is 349 cm³/mol. The molecular weight excluding hydrogens is 985 g/mol. The SMILES string of the molecule is CCCCCCCCCC/C=C\CCCCCCCCCCCC(=O)OC(COC(=O)CCCCCCCCCCCCCCCCC)COC(=O)CCCCCCCCCCCCCCCCCCCCCCCCCCCC. The van der Waals surface area contributed by atoms with E-state index in [1.165, 1.54) is 327 Å². The van der Waals surface area contributed by atoms with Crippen molar-refractivity contribution in [3.63, 3.8) is 0 Å². The molecule has 80 heavy (non-hydrogen) atoms. The minimum atomic E-state index is -0.768. The maximum Gasteiger partial charge on any atom is 0.306 e. The zero-order valence-corrected chi connectivity index (χ0v) is 54.6. The summed E-state index contributed by atoms with van der Waals surface area (Å²) in [6, 6.07) is 0. The van der Waals surface area contributed by atoms with Crippen LogP contribution in [0.15, 0.2) is 12.2 Å². The van der Waals surface area contributed by atoms with E-state index in [9.17, 15) is 14.4 Å². The van der Waals surface area contributed by atoms with Gasteiger partial charge in [-0.05, 0) is 44.9 Å². The Morgan fingerprint density at radius 2 is 0.412 bits per heavy atom. The van der Waals surface area contributed by atoms with Crippen LogP contribution < -0.4 is 0 Å². The Balaban J connectivity index is 4.22. The Labute approximate surface area is 501 Å². The van der Waals surface area contributed by atoms with Crippen LogP contribution in [0.25, 0.3) is 0 Å². The largest absolute Gasteiger partial charge is 0.462 e. The lowest BCUT2D eigenvalue weighted by Crippen LogP contribution is -2.30. The smallest absolute Gasteiger partial charge is 0.306 e. The van der Waals surface area contributed by atoms with Crippen molar-refractivity contribution in [2.24, 2.45) is 0 Å². The Hall–Kier alpha value is -1.85. The number of allylic oxidation sites excluding steroid dienone is 2. The lowest BCUT2D eigenvalue weighted by Gasteiger charge is -2.18. The molecule has 0 fully saturated rings. The van der Waals surface area contributed by atoms with Crippen molar-refractivity contribution < 1.29 is 28.6 Å². The van der Waals surface area contributed by atoms with E-state index in [2.05, 4.69) is 32.9 Å². The fourth-order valence-electron chi connectivity index (χ4n) is 11.5. The summed E-state index contributed by atoms with van der Waals surface area (Å²) in [6.07, 6.45) is 83.9. The molecule has 0 bridgehead atoms. The van der Waals surface area contributed by atoms with Crippen molar-refractivity contribution in [2.75, 3.05) is 13.2 Å². The van der Waals surface area contributed by atoms with E-state index >= 15 is 0 Å². The number of unbranched alkanes of at least 4 members (excludes halogenated alkanes) is 56. The number of hydrogen-bond donors (Lipinski definition) is 0. The number of ether oxygens (including phenoxy) is 3. The Morgan fingerprint density at radius 3 is 0.625 bits per heavy atom. The Bertz CT molecular complexity index is 1250. The first kappa shape index (κ1) is 78.1. The van der Waals surface area contributed by atoms with Crippen molar-refractivity contribution in [1.29, 1.82) is 0 Å². The average Bonchev–Trinajstić information content (AvgIpc) is 3.46. The van der Waals surface area contributed by atoms with Gasteiger partial charge in [0.25, 0.3) is 0 Å². The topological polar surface area (TPSA) is 78.9 Å². The molecule has 0 aliphatic rings. The van der Waals surface area contributed by atoms with Crippen LogP contribution in [-0.2, 0) is 28.6 Å². The molecule has 6 heteroatoms. The molecule has 0 radical (unpaired) electrons. The second-order valence-electron chi connectivity index (χ2n) is 25.2. The third-order valence-corrected chi connectivity index (χ3v) is 17.0. The van der Waals surface area contributed by atoms with Crippen LogP contribution >= 0.6 is 0 Å². The summed E-state index contributed by atoms with van der Waals surface area (Å²) < 4.78 is 17.0. The molecule has 474 valence electrons. The molecule has 0 spiro atoms. The zero-order valence-electron chi connectivity index (χ0n) is 54.6. The summed E-state index contributed by atoms with van der Waals surface area (Å²) in [5.41, 5.74) is 0. The van der Waals surface area contributed by atoms with Crippen LogP contribution in [0.4, 0.5) is 0 Å². The first-order valence-corrected chi connectivity index (χ1v) is 36.7. The van der Waals surface area contributed by atoms with Gasteiger partial charge < -0.3 is 14.2 Å². The van der Waals surface area contributed by atoms with E-state index in [0.29, 0.717) is 19.3 Å². The van der Waals surface area contributed by atoms with Crippen LogP contribution in [0.1, 0.15) is 425 Å². The van der Waals surface area contributed by atoms with Gasteiger partial charge in [-0.25, -0.2) is 0 Å². The fraction of sp³-hybridized carbons (Fsp3) is 0.932. The van der Waals surface area contributed by atoms with E-state index in [1.807, 2.05) is 0 Å². The average molecular weight is 1130 g/mol. The summed E-state index contributed by atoms with van der Waals surface area (Å²) in [7, 11) is 0. The quantitative estimate of drug-likeness (QED) is 0.0261. The molecule has 1 atom stereocenters. The molecule has 0 N–H and O–H groups in total. The summed E-state index contributed by atoms with van der Waals surface area (Å²) in [5.74, 6) is -0.827. The lowest BCUT2D eigenvalue weighted by molar-refractivity contribution is -0.167. The number of hydrogen-bond acceptors (Lipinski definition) is 6. The van der Waals surface area contributed by atoms with E-state index < -0.39 is 6.10 Å². The molecule has 0 saturated heterocycles. The highest BCUT2D eigenvalue weighted by molar-refractivity contribution is 5.71. The molecule has 0 rings (SSSR count). The van der Waals surface area contributed by atoms with Gasteiger partial charge in [-0.1, -0.05) is 373 Å². The monoisotopic (exact) mass is 1130 g/mol. The molecule has 0 saturated carbocycles. The standard InChI is InChI=1S/C74H142O6/c1-4-7-10-13-16-19-22-25-28-30-32-34-35-36-37-38-40-41-43-46-49-52-55-58-61-64-67-73(76)79-70-71(69-78-72(75)66-63-60-57-54-51-48-45-27-24-21-18-15-12-9-6-3)80-74(77)68-65-62-59-56-53-50-47-44-42-39-33-31-29-26-23-20-17-14-11-8-5-2/h31,33,71H,4-30,32,34-70H2,1-3H3/b33-31-. The number of rotatable bonds is 69. The molecule has 0 aliphatic heterocycles. The van der Waals surface area contributed by atoms with Crippen LogP contribution in [-0.4, -0.2) is 37.2 Å². The first-order chi connectivity index (χ1) is 39.5. The molecule has 6 nitrogen and oxygen atoms in total. The van der Waals surface area contributed by atoms with Crippen molar-refractivity contribution in [1.82, 2.24) is 0 Å². The van der Waals surface area contributed by atoms with Crippen LogP contribution in [0, 0.1) is 0 Å². The highest BCUT2D eigenvalue weighted by atomic mass is 16.6. The second kappa shape index (κ2) is 69.6. The van der Waals surface area contributed by atoms with Gasteiger partial charge in [0, 0.05) is 19.3 Å². The fourth-order valence-corrected chi connectivity index (χ4v) is 11.5. The molecule has 1 unspecified atom stereocenters. The van der Waals surface area contributed by atoms with Crippen molar-refractivity contribution in [2.45, 2.75) is 431 Å². The lowest BCUT2D eigenvalue weighted by atomic mass is 10.0. The third kappa shape index (κ3) is 66.9. The summed E-state index contributed by atoms with van der Waals surface area (Å²) in [4.78, 5) is 38.5. The maximum absolute atomic E-state index is 13.0. The molecular formula is C74H142O6.